The average molecular weight is 490 g/mol. The number of rotatable bonds is 0. The minimum atomic E-state index is 0. The molecule has 0 rings (SSSR count). The molecular weight excluding hydrogens is 490 g/mol. The molecule has 4 heavy (non-hydrogen) atoms. The van der Waals surface area contributed by atoms with Gasteiger partial charge in [-0.15, -0.1) is 0 Å². The molecule has 0 amide bonds. The zero-order chi connectivity index (χ0) is 0. The summed E-state index contributed by atoms with van der Waals surface area (Å²) >= 11 is 0. The van der Waals surface area contributed by atoms with E-state index in [0.717, 1.165) is 0 Å². The summed E-state index contributed by atoms with van der Waals surface area (Å²) in [5, 5.41) is 0. The summed E-state index contributed by atoms with van der Waals surface area (Å²) in [6.07, 6.45) is 0. The van der Waals surface area contributed by atoms with Crippen molar-refractivity contribution < 1.29 is 75.7 Å². The van der Waals surface area contributed by atoms with Gasteiger partial charge in [-0.05, 0) is 0 Å². The Balaban J connectivity index is 0. The second-order valence-corrected chi connectivity index (χ2v) is 0. The third-order valence-electron chi connectivity index (χ3n) is 0. The fourth-order valence-corrected chi connectivity index (χ4v) is 0. The first kappa shape index (κ1) is 32.5. The van der Waals surface area contributed by atoms with E-state index < -0.39 is 0 Å². The SMILES string of the molecule is [Cu].[Ni].[W].[W]. The summed E-state index contributed by atoms with van der Waals surface area (Å²) in [7, 11) is 0. The Kier molecular flexibility index (Phi) is 148. The van der Waals surface area contributed by atoms with E-state index >= 15 is 0 Å². The van der Waals surface area contributed by atoms with Gasteiger partial charge in [0.1, 0.15) is 0 Å². The quantitative estimate of drug-likeness (QED) is 0.420. The van der Waals surface area contributed by atoms with Gasteiger partial charge in [0.25, 0.3) is 0 Å². The maximum Gasteiger partial charge on any atom is 0 e. The standard InChI is InChI=1S/Cu.Ni.2W. The van der Waals surface area contributed by atoms with Gasteiger partial charge in [0.15, 0.2) is 0 Å². The zero-order valence-corrected chi connectivity index (χ0v) is 9.23. The van der Waals surface area contributed by atoms with E-state index in [4.69, 9.17) is 0 Å². The molecule has 0 N–H and O–H groups in total. The van der Waals surface area contributed by atoms with Crippen molar-refractivity contribution in [2.75, 3.05) is 0 Å². The van der Waals surface area contributed by atoms with Crippen molar-refractivity contribution in [3.63, 3.8) is 0 Å². The smallest absolute Gasteiger partial charge is 0 e. The van der Waals surface area contributed by atoms with Crippen molar-refractivity contribution in [3.05, 3.63) is 0 Å². The van der Waals surface area contributed by atoms with E-state index in [1.54, 1.807) is 0 Å². The number of hydrogen-bond acceptors (Lipinski definition) is 0. The molecule has 0 atom stereocenters. The van der Waals surface area contributed by atoms with Crippen LogP contribution in [0.3, 0.4) is 0 Å². The predicted molar refractivity (Wildman–Crippen MR) is 0 cm³/mol. The van der Waals surface area contributed by atoms with Crippen LogP contribution in [0, 0.1) is 0 Å². The summed E-state index contributed by atoms with van der Waals surface area (Å²) in [4.78, 5) is 0. The Morgan fingerprint density at radius 1 is 0.750 bits per heavy atom. The zero-order valence-electron chi connectivity index (χ0n) is 1.43. The molecule has 0 nitrogen and oxygen atoms in total. The summed E-state index contributed by atoms with van der Waals surface area (Å²) < 4.78 is 0. The molecule has 0 aliphatic rings. The third kappa shape index (κ3) is 8.83. The molecule has 0 saturated carbocycles. The molecular formula is CuNiW2. The number of hydrogen-bond donors (Lipinski definition) is 0. The van der Waals surface area contributed by atoms with Crippen LogP contribution in [0.5, 0.6) is 0 Å². The van der Waals surface area contributed by atoms with Crippen LogP contribution >= 0.6 is 0 Å². The fourth-order valence-electron chi connectivity index (χ4n) is 0. The maximum absolute atomic E-state index is 0. The van der Waals surface area contributed by atoms with Crippen molar-refractivity contribution in [2.24, 2.45) is 0 Å². The first-order valence-electron chi connectivity index (χ1n) is 0. The van der Waals surface area contributed by atoms with Crippen LogP contribution in [0.25, 0.3) is 0 Å². The van der Waals surface area contributed by atoms with Gasteiger partial charge in [0.2, 0.25) is 0 Å². The van der Waals surface area contributed by atoms with Gasteiger partial charge in [-0.25, -0.2) is 0 Å². The van der Waals surface area contributed by atoms with E-state index in [-0.39, 0.29) is 75.7 Å². The van der Waals surface area contributed by atoms with Crippen molar-refractivity contribution >= 4 is 0 Å². The third-order valence-corrected chi connectivity index (χ3v) is 0. The van der Waals surface area contributed by atoms with Crippen LogP contribution in [0.2, 0.25) is 0 Å². The first-order chi connectivity index (χ1) is 0. The van der Waals surface area contributed by atoms with E-state index in [9.17, 15) is 0 Å². The van der Waals surface area contributed by atoms with Crippen LogP contribution in [0.15, 0.2) is 0 Å². The van der Waals surface area contributed by atoms with Gasteiger partial charge < -0.3 is 0 Å². The van der Waals surface area contributed by atoms with Gasteiger partial charge in [0.05, 0.1) is 0 Å². The summed E-state index contributed by atoms with van der Waals surface area (Å²) in [6.45, 7) is 0. The van der Waals surface area contributed by atoms with Gasteiger partial charge in [-0.2, -0.15) is 0 Å². The van der Waals surface area contributed by atoms with E-state index in [0.29, 0.717) is 0 Å². The minimum Gasteiger partial charge on any atom is 0 e. The Bertz CT molecular complexity index is 6.00. The molecule has 0 aromatic rings. The molecule has 0 aliphatic carbocycles. The van der Waals surface area contributed by atoms with Crippen LogP contribution in [0.1, 0.15) is 0 Å². The van der Waals surface area contributed by atoms with Crippen LogP contribution in [-0.4, -0.2) is 0 Å². The van der Waals surface area contributed by atoms with E-state index in [1.807, 2.05) is 0 Å². The van der Waals surface area contributed by atoms with Crippen molar-refractivity contribution in [1.82, 2.24) is 0 Å². The monoisotopic (exact) mass is 489 g/mol. The molecule has 0 fully saturated rings. The van der Waals surface area contributed by atoms with E-state index in [1.165, 1.54) is 0 Å². The molecule has 33 valence electrons. The van der Waals surface area contributed by atoms with Crippen molar-refractivity contribution in [2.45, 2.75) is 0 Å². The van der Waals surface area contributed by atoms with E-state index in [2.05, 4.69) is 0 Å². The Hall–Kier alpha value is 2.39. The largest absolute Gasteiger partial charge is 0 e. The Morgan fingerprint density at radius 3 is 0.750 bits per heavy atom. The predicted octanol–water partition coefficient (Wildman–Crippen LogP) is -0.0100. The molecule has 0 heterocycles. The molecule has 0 aromatic carbocycles. The molecule has 0 bridgehead atoms. The summed E-state index contributed by atoms with van der Waals surface area (Å²) in [5.41, 5.74) is 0. The Labute approximate surface area is 74.8 Å². The molecule has 0 aliphatic heterocycles. The molecule has 0 unspecified atom stereocenters. The second kappa shape index (κ2) is 18.2. The van der Waals surface area contributed by atoms with Crippen LogP contribution < -0.4 is 0 Å². The minimum absolute atomic E-state index is 0. The first-order valence-corrected chi connectivity index (χ1v) is 0. The van der Waals surface area contributed by atoms with Crippen molar-refractivity contribution in [1.29, 1.82) is 0 Å². The second-order valence-electron chi connectivity index (χ2n) is 0. The van der Waals surface area contributed by atoms with Crippen LogP contribution in [0.4, 0.5) is 0 Å². The van der Waals surface area contributed by atoms with Gasteiger partial charge in [-0.1, -0.05) is 0 Å². The summed E-state index contributed by atoms with van der Waals surface area (Å²) in [6, 6.07) is 0. The molecule has 0 aromatic heterocycles. The van der Waals surface area contributed by atoms with Crippen molar-refractivity contribution in [3.8, 4) is 0 Å². The normalized spacial score (nSPS) is 0. The van der Waals surface area contributed by atoms with Gasteiger partial charge in [0, 0.05) is 75.7 Å². The average Bonchev–Trinajstić information content (AvgIpc) is 0. The summed E-state index contributed by atoms with van der Waals surface area (Å²) in [5.74, 6) is 0. The molecule has 0 spiro atoms. The molecule has 1 radical (unpaired) electrons. The van der Waals surface area contributed by atoms with Gasteiger partial charge >= 0.3 is 0 Å². The van der Waals surface area contributed by atoms with Gasteiger partial charge in [-0.3, -0.25) is 0 Å². The van der Waals surface area contributed by atoms with Crippen LogP contribution in [-0.2, 0) is 75.7 Å². The maximum atomic E-state index is 0. The topological polar surface area (TPSA) is 0 Å². The fraction of sp³-hybridized carbons (Fsp3) is 0. The molecule has 0 saturated heterocycles. The molecule has 4 heteroatoms. The Morgan fingerprint density at radius 2 is 0.750 bits per heavy atom.